The van der Waals surface area contributed by atoms with E-state index < -0.39 is 10.4 Å². The number of unbranched alkanes of at least 4 members (excludes halogenated alkanes) is 13. The van der Waals surface area contributed by atoms with Gasteiger partial charge in [-0.05, 0) is 12.5 Å². The van der Waals surface area contributed by atoms with Gasteiger partial charge in [-0.25, -0.2) is 8.42 Å². The average molecular weight is 487 g/mol. The summed E-state index contributed by atoms with van der Waals surface area (Å²) in [7, 11) is 3.08. The Morgan fingerprint density at radius 3 is 1.58 bits per heavy atom. The second-order valence-corrected chi connectivity index (χ2v) is 10.8. The molecule has 0 spiro atoms. The third-order valence-corrected chi connectivity index (χ3v) is 6.08. The summed E-state index contributed by atoms with van der Waals surface area (Å²) in [4.78, 5) is 0. The maximum Gasteiger partial charge on any atom is 0.217 e. The zero-order valence-corrected chi connectivity index (χ0v) is 22.7. The van der Waals surface area contributed by atoms with Gasteiger partial charge in [0.15, 0.2) is 5.69 Å². The van der Waals surface area contributed by atoms with E-state index in [1.54, 1.807) is 0 Å². The van der Waals surface area contributed by atoms with Crippen molar-refractivity contribution < 1.29 is 17.2 Å². The molecule has 6 nitrogen and oxygen atoms in total. The van der Waals surface area contributed by atoms with Crippen molar-refractivity contribution in [2.45, 2.75) is 96.8 Å². The van der Waals surface area contributed by atoms with Crippen LogP contribution in [0.3, 0.4) is 0 Å². The van der Waals surface area contributed by atoms with Gasteiger partial charge in [-0.15, -0.1) is 0 Å². The fraction of sp³-hybridized carbons (Fsp3) is 0.769. The summed E-state index contributed by atoms with van der Waals surface area (Å²) < 4.78 is 31.9. The second kappa shape index (κ2) is 19.2. The van der Waals surface area contributed by atoms with Crippen molar-refractivity contribution >= 4 is 21.8 Å². The molecule has 0 aliphatic carbocycles. The summed E-state index contributed by atoms with van der Waals surface area (Å²) in [6.45, 7) is 3.39. The van der Waals surface area contributed by atoms with Crippen LogP contribution in [-0.4, -0.2) is 47.8 Å². The number of para-hydroxylation sites is 2. The highest BCUT2D eigenvalue weighted by Gasteiger charge is 2.16. The number of hydrogen-bond acceptors (Lipinski definition) is 5. The average Bonchev–Trinajstić information content (AvgIpc) is 2.76. The molecule has 0 saturated carbocycles. The van der Waals surface area contributed by atoms with Gasteiger partial charge in [-0.1, -0.05) is 103 Å². The van der Waals surface area contributed by atoms with Gasteiger partial charge in [0.25, 0.3) is 0 Å². The molecule has 0 amide bonds. The van der Waals surface area contributed by atoms with E-state index in [1.807, 2.05) is 0 Å². The van der Waals surface area contributed by atoms with E-state index in [2.05, 4.69) is 61.8 Å². The van der Waals surface area contributed by atoms with Crippen LogP contribution in [0.2, 0.25) is 0 Å². The predicted molar refractivity (Wildman–Crippen MR) is 142 cm³/mol. The molecule has 0 fully saturated rings. The van der Waals surface area contributed by atoms with Gasteiger partial charge < -0.3 is 9.87 Å². The van der Waals surface area contributed by atoms with Crippen LogP contribution < -0.4 is 9.80 Å². The molecule has 7 heteroatoms. The van der Waals surface area contributed by atoms with Gasteiger partial charge >= 0.3 is 0 Å². The Hall–Kier alpha value is -1.15. The Balaban J connectivity index is 0.00000150. The summed E-state index contributed by atoms with van der Waals surface area (Å²) >= 11 is 0. The van der Waals surface area contributed by atoms with Crippen LogP contribution in [0.4, 0.5) is 11.4 Å². The summed E-state index contributed by atoms with van der Waals surface area (Å²) in [6, 6.07) is 8.71. The minimum absolute atomic E-state index is 0.808. The zero-order valence-electron chi connectivity index (χ0n) is 21.9. The Labute approximate surface area is 204 Å². The van der Waals surface area contributed by atoms with Gasteiger partial charge in [0.1, 0.15) is 0 Å². The van der Waals surface area contributed by atoms with E-state index in [0.717, 1.165) is 18.1 Å². The Kier molecular flexibility index (Phi) is 18.5. The fourth-order valence-corrected chi connectivity index (χ4v) is 3.75. The Morgan fingerprint density at radius 2 is 1.18 bits per heavy atom. The lowest BCUT2D eigenvalue weighted by molar-refractivity contribution is 0.314. The molecule has 0 bridgehead atoms. The summed E-state index contributed by atoms with van der Waals surface area (Å²) in [6.07, 6.45) is 19.9. The van der Waals surface area contributed by atoms with E-state index in [0.29, 0.717) is 0 Å². The molecule has 0 aliphatic heterocycles. The Bertz CT molecular complexity index is 688. The van der Waals surface area contributed by atoms with Crippen LogP contribution in [0.15, 0.2) is 24.3 Å². The summed E-state index contributed by atoms with van der Waals surface area (Å²) in [5, 5.41) is 3.65. The van der Waals surface area contributed by atoms with Crippen molar-refractivity contribution in [3.8, 4) is 0 Å². The van der Waals surface area contributed by atoms with Gasteiger partial charge in [0, 0.05) is 12.6 Å². The molecular formula is C26H50N2O4S. The van der Waals surface area contributed by atoms with E-state index >= 15 is 0 Å². The van der Waals surface area contributed by atoms with E-state index in [1.165, 1.54) is 101 Å². The van der Waals surface area contributed by atoms with Crippen LogP contribution in [0, 0.1) is 0 Å². The minimum atomic E-state index is -4.41. The number of anilines is 1. The van der Waals surface area contributed by atoms with Crippen molar-refractivity contribution in [3.63, 3.8) is 0 Å². The quantitative estimate of drug-likeness (QED) is 0.106. The number of hydrogen-bond donors (Lipinski definition) is 1. The van der Waals surface area contributed by atoms with Crippen LogP contribution in [0.1, 0.15) is 96.8 Å². The van der Waals surface area contributed by atoms with E-state index in [-0.39, 0.29) is 0 Å². The molecule has 0 aliphatic rings. The monoisotopic (exact) mass is 486 g/mol. The molecule has 1 aromatic rings. The van der Waals surface area contributed by atoms with Crippen LogP contribution in [0.25, 0.3) is 0 Å². The molecule has 1 N–H and O–H groups in total. The van der Waals surface area contributed by atoms with Gasteiger partial charge in [-0.3, -0.25) is 8.67 Å². The first-order chi connectivity index (χ1) is 15.6. The molecule has 0 saturated heterocycles. The maximum atomic E-state index is 9.22. The largest absolute Gasteiger partial charge is 0.726 e. The highest BCUT2D eigenvalue weighted by Crippen LogP contribution is 2.27. The van der Waals surface area contributed by atoms with Crippen molar-refractivity contribution in [2.75, 3.05) is 40.1 Å². The molecule has 194 valence electrons. The molecule has 0 aromatic heterocycles. The fourth-order valence-electron chi connectivity index (χ4n) is 3.75. The van der Waals surface area contributed by atoms with E-state index in [9.17, 15) is 13.0 Å². The molecule has 0 radical (unpaired) electrons. The molecule has 0 atom stereocenters. The van der Waals surface area contributed by atoms with Crippen LogP contribution in [-0.2, 0) is 14.6 Å². The first-order valence-electron chi connectivity index (χ1n) is 12.8. The molecule has 1 rings (SSSR count). The standard InChI is InChI=1S/C25H47N2.CH4O4S/c1-5-6-7-8-9-10-11-12-13-14-15-16-17-20-23-26-24-21-18-19-22-25(24)27(2,3)4;1-5-6(2,3)4/h18-19,21-22,26H,5-17,20,23H2,1-4H3;1H3,(H,2,3,4)/q+1;/p-1. The molecule has 0 heterocycles. The van der Waals surface area contributed by atoms with Gasteiger partial charge in [0.2, 0.25) is 10.4 Å². The number of rotatable bonds is 18. The number of nitrogens with zero attached hydrogens (tertiary/aromatic N) is 1. The smallest absolute Gasteiger partial charge is 0.217 e. The molecule has 1 aromatic carbocycles. The topological polar surface area (TPSA) is 78.5 Å². The zero-order chi connectivity index (χ0) is 25.0. The predicted octanol–water partition coefficient (Wildman–Crippen LogP) is 6.87. The number of quaternary nitrogens is 1. The normalized spacial score (nSPS) is 11.7. The van der Waals surface area contributed by atoms with Gasteiger partial charge in [0.05, 0.1) is 33.9 Å². The van der Waals surface area contributed by atoms with Crippen molar-refractivity contribution in [2.24, 2.45) is 0 Å². The lowest BCUT2D eigenvalue weighted by Gasteiger charge is -2.26. The molecule has 0 unspecified atom stereocenters. The third kappa shape index (κ3) is 20.0. The summed E-state index contributed by atoms with van der Waals surface area (Å²) in [5.74, 6) is 0. The summed E-state index contributed by atoms with van der Waals surface area (Å²) in [5.41, 5.74) is 2.66. The first-order valence-corrected chi connectivity index (χ1v) is 14.1. The Morgan fingerprint density at radius 1 is 0.788 bits per heavy atom. The van der Waals surface area contributed by atoms with Gasteiger partial charge in [-0.2, -0.15) is 0 Å². The lowest BCUT2D eigenvalue weighted by Crippen LogP contribution is -2.35. The van der Waals surface area contributed by atoms with Crippen molar-refractivity contribution in [1.82, 2.24) is 4.48 Å². The lowest BCUT2D eigenvalue weighted by atomic mass is 10.0. The highest BCUT2D eigenvalue weighted by molar-refractivity contribution is 7.80. The minimum Gasteiger partial charge on any atom is -0.726 e. The van der Waals surface area contributed by atoms with Crippen LogP contribution in [0.5, 0.6) is 0 Å². The molecule has 33 heavy (non-hydrogen) atoms. The van der Waals surface area contributed by atoms with E-state index in [4.69, 9.17) is 0 Å². The highest BCUT2D eigenvalue weighted by atomic mass is 32.3. The SMILES string of the molecule is CCCCCCCCCCCCCCCCNc1ccccc1[N+](C)(C)C.COS(=O)(=O)[O-]. The number of benzene rings is 1. The molecular weight excluding hydrogens is 436 g/mol. The second-order valence-electron chi connectivity index (χ2n) is 9.63. The number of nitrogens with one attached hydrogen (secondary N) is 1. The first kappa shape index (κ1) is 31.9. The third-order valence-electron chi connectivity index (χ3n) is 5.68. The van der Waals surface area contributed by atoms with Crippen molar-refractivity contribution in [1.29, 1.82) is 0 Å². The van der Waals surface area contributed by atoms with Crippen molar-refractivity contribution in [3.05, 3.63) is 24.3 Å². The maximum absolute atomic E-state index is 9.22. The van der Waals surface area contributed by atoms with Crippen LogP contribution >= 0.6 is 0 Å².